The third-order valence-electron chi connectivity index (χ3n) is 8.67. The fraction of sp³-hybridized carbons (Fsp3) is 0. The smallest absolute Gasteiger partial charge is 0.145 e. The second-order valence-corrected chi connectivity index (χ2v) is 10.9. The van der Waals surface area contributed by atoms with Crippen LogP contribution in [0.15, 0.2) is 157 Å². The molecule has 1 aliphatic rings. The molecule has 2 heteroatoms. The van der Waals surface area contributed by atoms with Gasteiger partial charge in [-0.05, 0) is 67.1 Å². The van der Waals surface area contributed by atoms with Gasteiger partial charge in [0.05, 0.1) is 34.5 Å². The van der Waals surface area contributed by atoms with Crippen LogP contribution in [0, 0.1) is 0 Å². The molecule has 0 atom stereocenters. The maximum atomic E-state index is 9.54. The molecule has 0 radical (unpaired) electrons. The summed E-state index contributed by atoms with van der Waals surface area (Å²) in [5.41, 5.74) is 4.75. The van der Waals surface area contributed by atoms with Gasteiger partial charge >= 0.3 is 0 Å². The van der Waals surface area contributed by atoms with Gasteiger partial charge in [-0.2, -0.15) is 0 Å². The van der Waals surface area contributed by atoms with Crippen molar-refractivity contribution >= 4 is 43.4 Å². The number of fused-ring (bicyclic) bond motifs is 6. The monoisotopic (exact) mass is 583 g/mol. The maximum absolute atomic E-state index is 9.54. The van der Waals surface area contributed by atoms with Gasteiger partial charge in [-0.1, -0.05) is 145 Å². The SMILES string of the molecule is [2H]c1c([2H])c([2H])c(-c2nc3ccccc3n2-c2c3c([2H])c([2H])c([2H])c([2H])c3c(-c3ccc4c5c(cccc35)-c3ccccc3-4)c3c([2H])c([2H])c([2H])c([2H])c23)c([2H])c1[2H]. The topological polar surface area (TPSA) is 17.8 Å². The van der Waals surface area contributed by atoms with E-state index in [0.29, 0.717) is 22.0 Å². The van der Waals surface area contributed by atoms with Crippen molar-refractivity contribution in [2.24, 2.45) is 0 Å². The van der Waals surface area contributed by atoms with E-state index in [1.54, 1.807) is 24.3 Å². The van der Waals surface area contributed by atoms with Gasteiger partial charge in [-0.3, -0.25) is 4.57 Å². The van der Waals surface area contributed by atoms with Gasteiger partial charge in [0.2, 0.25) is 0 Å². The lowest BCUT2D eigenvalue weighted by Crippen LogP contribution is -2.01. The van der Waals surface area contributed by atoms with Crippen molar-refractivity contribution < 1.29 is 17.8 Å². The quantitative estimate of drug-likeness (QED) is 0.189. The zero-order chi connectivity index (χ0) is 40.8. The van der Waals surface area contributed by atoms with E-state index < -0.39 is 78.6 Å². The van der Waals surface area contributed by atoms with Crippen molar-refractivity contribution in [1.29, 1.82) is 0 Å². The molecule has 0 saturated carbocycles. The Morgan fingerprint density at radius 2 is 1.04 bits per heavy atom. The Bertz CT molecular complexity index is 3250. The van der Waals surface area contributed by atoms with Crippen molar-refractivity contribution in [1.82, 2.24) is 9.55 Å². The first-order valence-electron chi connectivity index (χ1n) is 20.9. The fourth-order valence-electron chi connectivity index (χ4n) is 6.91. The highest BCUT2D eigenvalue weighted by Gasteiger charge is 2.25. The van der Waals surface area contributed by atoms with Crippen LogP contribution in [0.4, 0.5) is 0 Å². The van der Waals surface area contributed by atoms with Crippen LogP contribution in [-0.4, -0.2) is 9.55 Å². The third kappa shape index (κ3) is 3.37. The molecule has 8 aromatic carbocycles. The van der Waals surface area contributed by atoms with Crippen molar-refractivity contribution in [3.8, 4) is 50.5 Å². The van der Waals surface area contributed by atoms with Crippen LogP contribution < -0.4 is 0 Å². The van der Waals surface area contributed by atoms with Gasteiger partial charge in [0.25, 0.3) is 0 Å². The lowest BCUT2D eigenvalue weighted by atomic mass is 9.87. The molecule has 10 rings (SSSR count). The molecule has 1 aliphatic carbocycles. The number of rotatable bonds is 3. The second-order valence-electron chi connectivity index (χ2n) is 10.9. The van der Waals surface area contributed by atoms with Crippen molar-refractivity contribution in [2.75, 3.05) is 0 Å². The molecule has 0 N–H and O–H groups in total. The molecule has 0 fully saturated rings. The van der Waals surface area contributed by atoms with Gasteiger partial charge in [0, 0.05) is 16.3 Å². The number of benzene rings is 8. The number of para-hydroxylation sites is 2. The average Bonchev–Trinajstić information content (AvgIpc) is 3.77. The zero-order valence-corrected chi connectivity index (χ0v) is 23.4. The summed E-state index contributed by atoms with van der Waals surface area (Å²) in [4.78, 5) is 4.77. The van der Waals surface area contributed by atoms with E-state index in [0.717, 1.165) is 27.6 Å². The summed E-state index contributed by atoms with van der Waals surface area (Å²) < 4.78 is 118. The Morgan fingerprint density at radius 1 is 0.467 bits per heavy atom. The van der Waals surface area contributed by atoms with Crippen LogP contribution in [0.1, 0.15) is 17.8 Å². The lowest BCUT2D eigenvalue weighted by Gasteiger charge is -2.21. The number of hydrogen-bond acceptors (Lipinski definition) is 1. The summed E-state index contributed by atoms with van der Waals surface area (Å²) in [5.74, 6) is -0.184. The van der Waals surface area contributed by atoms with E-state index in [4.69, 9.17) is 17.3 Å². The number of hydrogen-bond donors (Lipinski definition) is 0. The number of imidazole rings is 1. The Hall–Kier alpha value is -5.99. The predicted octanol–water partition coefficient (Wildman–Crippen LogP) is 11.5. The van der Waals surface area contributed by atoms with Gasteiger partial charge in [-0.15, -0.1) is 0 Å². The Labute approximate surface area is 278 Å². The fourth-order valence-corrected chi connectivity index (χ4v) is 6.91. The molecule has 0 spiro atoms. The molecule has 2 nitrogen and oxygen atoms in total. The maximum Gasteiger partial charge on any atom is 0.145 e. The molecule has 0 aliphatic heterocycles. The highest BCUT2D eigenvalue weighted by atomic mass is 15.1. The Morgan fingerprint density at radius 3 is 1.78 bits per heavy atom. The lowest BCUT2D eigenvalue weighted by molar-refractivity contribution is 1.13. The Kier molecular flexibility index (Phi) is 3.11. The van der Waals surface area contributed by atoms with Crippen molar-refractivity contribution in [3.63, 3.8) is 0 Å². The van der Waals surface area contributed by atoms with Crippen LogP contribution in [0.25, 0.3) is 93.8 Å². The molecular weight excluding hydrogens is 544 g/mol. The van der Waals surface area contributed by atoms with Gasteiger partial charge in [0.15, 0.2) is 0 Å². The molecule has 0 unspecified atom stereocenters. The molecule has 45 heavy (non-hydrogen) atoms. The number of nitrogens with zero attached hydrogens (tertiary/aromatic N) is 2. The van der Waals surface area contributed by atoms with Crippen molar-refractivity contribution in [2.45, 2.75) is 0 Å². The molecule has 1 aromatic heterocycles. The normalized spacial score (nSPS) is 16.0. The highest BCUT2D eigenvalue weighted by molar-refractivity contribution is 6.25. The van der Waals surface area contributed by atoms with Crippen LogP contribution in [0.3, 0.4) is 0 Å². The van der Waals surface area contributed by atoms with E-state index in [9.17, 15) is 5.48 Å². The van der Waals surface area contributed by atoms with Gasteiger partial charge in [-0.25, -0.2) is 4.98 Å². The van der Waals surface area contributed by atoms with E-state index in [2.05, 4.69) is 0 Å². The zero-order valence-electron chi connectivity index (χ0n) is 36.4. The molecule has 9 aromatic rings. The van der Waals surface area contributed by atoms with Crippen LogP contribution in [-0.2, 0) is 0 Å². The molecule has 0 saturated heterocycles. The summed E-state index contributed by atoms with van der Waals surface area (Å²) >= 11 is 0. The third-order valence-corrected chi connectivity index (χ3v) is 8.67. The van der Waals surface area contributed by atoms with Crippen LogP contribution in [0.2, 0.25) is 0 Å². The molecular formula is C43H26N2. The Balaban J connectivity index is 1.50. The first-order chi connectivity index (χ1) is 27.8. The second kappa shape index (κ2) is 9.25. The first kappa shape index (κ1) is 15.1. The van der Waals surface area contributed by atoms with Crippen LogP contribution in [0.5, 0.6) is 0 Å². The summed E-state index contributed by atoms with van der Waals surface area (Å²) in [6, 6.07) is 16.8. The van der Waals surface area contributed by atoms with E-state index in [1.165, 1.54) is 4.57 Å². The highest BCUT2D eigenvalue weighted by Crippen LogP contribution is 2.51. The van der Waals surface area contributed by atoms with E-state index in [-0.39, 0.29) is 44.2 Å². The minimum Gasteiger partial charge on any atom is -0.291 e. The molecule has 0 bridgehead atoms. The van der Waals surface area contributed by atoms with Gasteiger partial charge in [0.1, 0.15) is 5.82 Å². The largest absolute Gasteiger partial charge is 0.291 e. The first-order valence-corrected chi connectivity index (χ1v) is 14.4. The average molecular weight is 584 g/mol. The van der Waals surface area contributed by atoms with E-state index >= 15 is 0 Å². The summed E-state index contributed by atoms with van der Waals surface area (Å²) in [6.45, 7) is 0. The van der Waals surface area contributed by atoms with E-state index in [1.807, 2.05) is 54.6 Å². The number of aromatic nitrogens is 2. The molecule has 1 heterocycles. The molecule has 208 valence electrons. The standard InChI is InChI=1S/C43H26N2/c1-2-13-27(14-3-1)43-44-38-23-10-11-24-39(38)45(43)42-36-19-8-6-17-32(36)41(33-18-7-9-20-37(33)42)35-26-25-34-29-16-5-4-15-28(29)30-21-12-22-31(35)40(30)34/h1-26H/i1D,2D,3D,6D,7D,8D,9D,13D,14D,17D,18D,19D,20D. The van der Waals surface area contributed by atoms with Crippen LogP contribution >= 0.6 is 0 Å². The van der Waals surface area contributed by atoms with Crippen molar-refractivity contribution in [3.05, 3.63) is 157 Å². The molecule has 0 amide bonds. The minimum atomic E-state index is -0.627. The predicted molar refractivity (Wildman–Crippen MR) is 189 cm³/mol. The summed E-state index contributed by atoms with van der Waals surface area (Å²) in [7, 11) is 0. The minimum absolute atomic E-state index is 0.0282. The summed E-state index contributed by atoms with van der Waals surface area (Å²) in [5, 5.41) is 1.31. The van der Waals surface area contributed by atoms with Gasteiger partial charge < -0.3 is 0 Å². The summed E-state index contributed by atoms with van der Waals surface area (Å²) in [6.07, 6.45) is 0.